The van der Waals surface area contributed by atoms with Gasteiger partial charge in [-0.1, -0.05) is 42.0 Å². The molecule has 0 atom stereocenters. The number of nitrogens with zero attached hydrogens (tertiary/aromatic N) is 1. The Morgan fingerprint density at radius 2 is 1.78 bits per heavy atom. The number of hydrogen-bond donors (Lipinski definition) is 1. The molecule has 0 bridgehead atoms. The van der Waals surface area contributed by atoms with Gasteiger partial charge in [-0.2, -0.15) is 0 Å². The third-order valence-corrected chi connectivity index (χ3v) is 3.15. The monoisotopic (exact) mass is 236 g/mol. The van der Waals surface area contributed by atoms with Crippen LogP contribution in [0.2, 0.25) is 0 Å². The first-order valence-electron chi connectivity index (χ1n) is 6.17. The minimum Gasteiger partial charge on any atom is -0.299 e. The number of aryl methyl sites for hydroxylation is 1. The molecule has 2 aromatic carbocycles. The summed E-state index contributed by atoms with van der Waals surface area (Å²) in [5.41, 5.74) is 8.44. The van der Waals surface area contributed by atoms with Crippen LogP contribution in [0.1, 0.15) is 16.7 Å². The maximum Gasteiger partial charge on any atom is 0.0643 e. The summed E-state index contributed by atoms with van der Waals surface area (Å²) in [5, 5.41) is 2.10. The predicted octanol–water partition coefficient (Wildman–Crippen LogP) is 3.81. The summed E-state index contributed by atoms with van der Waals surface area (Å²) in [5.74, 6) is 0. The van der Waals surface area contributed by atoms with Crippen molar-refractivity contribution in [3.05, 3.63) is 71.4 Å². The van der Waals surface area contributed by atoms with Gasteiger partial charge < -0.3 is 0 Å². The largest absolute Gasteiger partial charge is 0.299 e. The molecule has 2 aromatic rings. The molecule has 1 heterocycles. The minimum atomic E-state index is 0.889. The standard InChI is InChI=1S/C16H16N2/c1-13-6-8-16(9-7-13)17-18-11-10-14-4-2-3-5-15(14)12-18/h2-11,17H,12H2,1H3. The van der Waals surface area contributed by atoms with Crippen molar-refractivity contribution in [1.29, 1.82) is 0 Å². The zero-order valence-corrected chi connectivity index (χ0v) is 10.4. The lowest BCUT2D eigenvalue weighted by atomic mass is 10.1. The predicted molar refractivity (Wildman–Crippen MR) is 75.8 cm³/mol. The molecule has 0 saturated heterocycles. The Hall–Kier alpha value is -2.22. The Bertz CT molecular complexity index is 570. The topological polar surface area (TPSA) is 15.3 Å². The highest BCUT2D eigenvalue weighted by molar-refractivity contribution is 5.56. The van der Waals surface area contributed by atoms with Crippen LogP contribution in [0.25, 0.3) is 6.08 Å². The average molecular weight is 236 g/mol. The highest BCUT2D eigenvalue weighted by Crippen LogP contribution is 2.20. The number of nitrogens with one attached hydrogen (secondary N) is 1. The fourth-order valence-electron chi connectivity index (χ4n) is 2.12. The molecule has 18 heavy (non-hydrogen) atoms. The van der Waals surface area contributed by atoms with E-state index in [9.17, 15) is 0 Å². The number of rotatable bonds is 2. The minimum absolute atomic E-state index is 0.889. The molecule has 0 aliphatic carbocycles. The van der Waals surface area contributed by atoms with E-state index in [1.165, 1.54) is 16.7 Å². The van der Waals surface area contributed by atoms with Gasteiger partial charge in [0.2, 0.25) is 0 Å². The molecular weight excluding hydrogens is 220 g/mol. The lowest BCUT2D eigenvalue weighted by molar-refractivity contribution is 0.440. The van der Waals surface area contributed by atoms with E-state index in [-0.39, 0.29) is 0 Å². The van der Waals surface area contributed by atoms with E-state index in [1.54, 1.807) is 0 Å². The second-order valence-corrected chi connectivity index (χ2v) is 4.62. The maximum atomic E-state index is 3.40. The molecule has 90 valence electrons. The van der Waals surface area contributed by atoms with Gasteiger partial charge in [-0.15, -0.1) is 0 Å². The van der Waals surface area contributed by atoms with Gasteiger partial charge in [-0.25, -0.2) is 0 Å². The number of hydrogen-bond acceptors (Lipinski definition) is 2. The molecule has 2 heteroatoms. The average Bonchev–Trinajstić information content (AvgIpc) is 2.41. The molecule has 2 nitrogen and oxygen atoms in total. The van der Waals surface area contributed by atoms with Gasteiger partial charge in [0.15, 0.2) is 0 Å². The van der Waals surface area contributed by atoms with Crippen LogP contribution in [0, 0.1) is 6.92 Å². The van der Waals surface area contributed by atoms with Crippen LogP contribution in [0.5, 0.6) is 0 Å². The maximum absolute atomic E-state index is 3.40. The fraction of sp³-hybridized carbons (Fsp3) is 0.125. The number of benzene rings is 2. The van der Waals surface area contributed by atoms with E-state index in [4.69, 9.17) is 0 Å². The van der Waals surface area contributed by atoms with Crippen LogP contribution in [0.4, 0.5) is 5.69 Å². The molecule has 0 aromatic heterocycles. The van der Waals surface area contributed by atoms with Gasteiger partial charge in [0, 0.05) is 6.20 Å². The molecule has 1 aliphatic rings. The summed E-state index contributed by atoms with van der Waals surface area (Å²) < 4.78 is 0. The molecular formula is C16H16N2. The van der Waals surface area contributed by atoms with Gasteiger partial charge in [0.1, 0.15) is 0 Å². The Morgan fingerprint density at radius 1 is 1.00 bits per heavy atom. The summed E-state index contributed by atoms with van der Waals surface area (Å²) in [7, 11) is 0. The van der Waals surface area contributed by atoms with E-state index in [2.05, 4.69) is 78.2 Å². The zero-order valence-electron chi connectivity index (χ0n) is 10.4. The summed E-state index contributed by atoms with van der Waals surface area (Å²) in [6, 6.07) is 16.9. The Labute approximate surface area is 108 Å². The summed E-state index contributed by atoms with van der Waals surface area (Å²) in [6.45, 7) is 2.99. The highest BCUT2D eigenvalue weighted by atomic mass is 15.5. The van der Waals surface area contributed by atoms with Crippen LogP contribution in [0.15, 0.2) is 54.7 Å². The second kappa shape index (κ2) is 4.57. The van der Waals surface area contributed by atoms with Crippen molar-refractivity contribution in [2.75, 3.05) is 5.43 Å². The summed E-state index contributed by atoms with van der Waals surface area (Å²) in [4.78, 5) is 0. The molecule has 0 saturated carbocycles. The van der Waals surface area contributed by atoms with Gasteiger partial charge in [0.05, 0.1) is 12.2 Å². The molecule has 0 unspecified atom stereocenters. The Kier molecular flexibility index (Phi) is 2.77. The van der Waals surface area contributed by atoms with Gasteiger partial charge >= 0.3 is 0 Å². The van der Waals surface area contributed by atoms with E-state index in [0.717, 1.165) is 12.2 Å². The molecule has 0 amide bonds. The fourth-order valence-corrected chi connectivity index (χ4v) is 2.12. The Morgan fingerprint density at radius 3 is 2.61 bits per heavy atom. The smallest absolute Gasteiger partial charge is 0.0643 e. The molecule has 0 fully saturated rings. The Balaban J connectivity index is 1.75. The van der Waals surface area contributed by atoms with Crippen molar-refractivity contribution in [1.82, 2.24) is 5.01 Å². The first-order valence-corrected chi connectivity index (χ1v) is 6.17. The molecule has 0 spiro atoms. The second-order valence-electron chi connectivity index (χ2n) is 4.62. The van der Waals surface area contributed by atoms with Crippen molar-refractivity contribution >= 4 is 11.8 Å². The van der Waals surface area contributed by atoms with Crippen LogP contribution < -0.4 is 5.43 Å². The summed E-state index contributed by atoms with van der Waals surface area (Å²) >= 11 is 0. The third kappa shape index (κ3) is 2.23. The SMILES string of the molecule is Cc1ccc(NN2C=Cc3ccccc3C2)cc1. The van der Waals surface area contributed by atoms with E-state index in [0.29, 0.717) is 0 Å². The first kappa shape index (κ1) is 10.9. The molecule has 0 radical (unpaired) electrons. The van der Waals surface area contributed by atoms with Gasteiger partial charge in [0.25, 0.3) is 0 Å². The summed E-state index contributed by atoms with van der Waals surface area (Å²) in [6.07, 6.45) is 4.22. The van der Waals surface area contributed by atoms with Crippen molar-refractivity contribution in [3.63, 3.8) is 0 Å². The lowest BCUT2D eigenvalue weighted by Crippen LogP contribution is -2.26. The molecule has 3 rings (SSSR count). The highest BCUT2D eigenvalue weighted by Gasteiger charge is 2.09. The van der Waals surface area contributed by atoms with E-state index in [1.807, 2.05) is 0 Å². The van der Waals surface area contributed by atoms with Crippen molar-refractivity contribution < 1.29 is 0 Å². The molecule has 1 N–H and O–H groups in total. The first-order chi connectivity index (χ1) is 8.81. The number of anilines is 1. The zero-order chi connectivity index (χ0) is 12.4. The quantitative estimate of drug-likeness (QED) is 0.853. The van der Waals surface area contributed by atoms with Crippen LogP contribution in [0.3, 0.4) is 0 Å². The molecule has 1 aliphatic heterocycles. The van der Waals surface area contributed by atoms with Crippen LogP contribution in [-0.2, 0) is 6.54 Å². The van der Waals surface area contributed by atoms with Crippen molar-refractivity contribution in [2.24, 2.45) is 0 Å². The number of fused-ring (bicyclic) bond motifs is 1. The van der Waals surface area contributed by atoms with Crippen molar-refractivity contribution in [3.8, 4) is 0 Å². The lowest BCUT2D eigenvalue weighted by Gasteiger charge is -2.26. The normalized spacial score (nSPS) is 13.3. The number of hydrazine groups is 1. The van der Waals surface area contributed by atoms with Crippen molar-refractivity contribution in [2.45, 2.75) is 13.5 Å². The van der Waals surface area contributed by atoms with Gasteiger partial charge in [-0.3, -0.25) is 10.4 Å². The van der Waals surface area contributed by atoms with E-state index >= 15 is 0 Å². The van der Waals surface area contributed by atoms with Crippen LogP contribution >= 0.6 is 0 Å². The van der Waals surface area contributed by atoms with Crippen LogP contribution in [-0.4, -0.2) is 5.01 Å². The third-order valence-electron chi connectivity index (χ3n) is 3.15. The van der Waals surface area contributed by atoms with E-state index < -0.39 is 0 Å². The van der Waals surface area contributed by atoms with Gasteiger partial charge in [-0.05, 0) is 36.3 Å².